The molecule has 0 radical (unpaired) electrons. The van der Waals surface area contributed by atoms with E-state index in [4.69, 9.17) is 14.9 Å². The van der Waals surface area contributed by atoms with Crippen LogP contribution in [0.15, 0.2) is 30.3 Å². The van der Waals surface area contributed by atoms with Crippen molar-refractivity contribution in [2.75, 3.05) is 0 Å². The summed E-state index contributed by atoms with van der Waals surface area (Å²) < 4.78 is 28.7. The minimum atomic E-state index is -4.37. The summed E-state index contributed by atoms with van der Waals surface area (Å²) in [5, 5.41) is 0. The number of benzene rings is 1. The van der Waals surface area contributed by atoms with Crippen molar-refractivity contribution in [3.8, 4) is 0 Å². The van der Waals surface area contributed by atoms with Crippen LogP contribution in [0.25, 0.3) is 0 Å². The van der Waals surface area contributed by atoms with Gasteiger partial charge in [-0.15, -0.1) is 0 Å². The Morgan fingerprint density at radius 2 is 1.00 bits per heavy atom. The number of rotatable bonds is 1. The van der Waals surface area contributed by atoms with Crippen LogP contribution in [-0.4, -0.2) is 38.2 Å². The first kappa shape index (κ1) is 14.6. The van der Waals surface area contributed by atoms with Crippen LogP contribution < -0.4 is 4.35 Å². The Bertz CT molecular complexity index is 653. The molecule has 2 aliphatic heterocycles. The van der Waals surface area contributed by atoms with Crippen LogP contribution in [0.2, 0.25) is 0 Å². The zero-order valence-corrected chi connectivity index (χ0v) is 16.2. The molecule has 6 aliphatic rings. The van der Waals surface area contributed by atoms with Gasteiger partial charge in [0, 0.05) is 0 Å². The van der Waals surface area contributed by atoms with Gasteiger partial charge in [-0.2, -0.15) is 0 Å². The SMILES string of the molecule is c1ccc([As]23(O[C@@H]4C5CCC(C5)[C@@H]4O2)O[C@@H]2C4CCC(C4)[C@@H]2O3)cc1. The Kier molecular flexibility index (Phi) is 2.66. The summed E-state index contributed by atoms with van der Waals surface area (Å²) in [6, 6.07) is 10.4. The zero-order valence-electron chi connectivity index (χ0n) is 14.3. The molecule has 7 rings (SSSR count). The van der Waals surface area contributed by atoms with Gasteiger partial charge in [0.15, 0.2) is 0 Å². The number of fused-ring (bicyclic) bond motifs is 10. The van der Waals surface area contributed by atoms with Crippen molar-refractivity contribution in [3.05, 3.63) is 30.3 Å². The molecule has 0 aromatic heterocycles. The van der Waals surface area contributed by atoms with Gasteiger partial charge in [-0.1, -0.05) is 0 Å². The Morgan fingerprint density at radius 1 is 0.600 bits per heavy atom. The van der Waals surface area contributed by atoms with Gasteiger partial charge in [0.25, 0.3) is 0 Å². The van der Waals surface area contributed by atoms with Crippen LogP contribution in [0.1, 0.15) is 38.5 Å². The molecule has 4 nitrogen and oxygen atoms in total. The molecule has 2 saturated heterocycles. The fraction of sp³-hybridized carbons (Fsp3) is 0.700. The van der Waals surface area contributed by atoms with Crippen molar-refractivity contribution >= 4 is 18.2 Å². The van der Waals surface area contributed by atoms with Crippen molar-refractivity contribution in [1.82, 2.24) is 0 Å². The average Bonchev–Trinajstić information content (AvgIpc) is 3.45. The summed E-state index contributed by atoms with van der Waals surface area (Å²) in [6.07, 6.45) is 8.44. The molecule has 1 spiro atoms. The van der Waals surface area contributed by atoms with Crippen LogP contribution in [0, 0.1) is 23.7 Å². The third-order valence-electron chi connectivity index (χ3n) is 7.93. The van der Waals surface area contributed by atoms with E-state index in [0.29, 0.717) is 23.7 Å². The van der Waals surface area contributed by atoms with Crippen molar-refractivity contribution in [2.45, 2.75) is 62.9 Å². The molecule has 6 fully saturated rings. The molecule has 2 heterocycles. The van der Waals surface area contributed by atoms with E-state index in [-0.39, 0.29) is 24.4 Å². The summed E-state index contributed by atoms with van der Waals surface area (Å²) in [5.41, 5.74) is 0. The fourth-order valence-corrected chi connectivity index (χ4v) is 15.9. The van der Waals surface area contributed by atoms with E-state index in [1.165, 1.54) is 38.5 Å². The molecular formula is C20H25AsO4. The molecule has 8 atom stereocenters. The van der Waals surface area contributed by atoms with Crippen molar-refractivity contribution in [2.24, 2.45) is 23.7 Å². The van der Waals surface area contributed by atoms with E-state index >= 15 is 0 Å². The zero-order chi connectivity index (χ0) is 16.2. The van der Waals surface area contributed by atoms with Gasteiger partial charge in [-0.25, -0.2) is 0 Å². The van der Waals surface area contributed by atoms with E-state index in [1.54, 1.807) is 0 Å². The molecule has 4 aliphatic carbocycles. The van der Waals surface area contributed by atoms with E-state index in [0.717, 1.165) is 4.35 Å². The normalized spacial score (nSPS) is 54.5. The Hall–Kier alpha value is -0.382. The average molecular weight is 404 g/mol. The third kappa shape index (κ3) is 1.66. The second-order valence-corrected chi connectivity index (χ2v) is 15.4. The quantitative estimate of drug-likeness (QED) is 0.675. The first-order chi connectivity index (χ1) is 12.2. The van der Waals surface area contributed by atoms with Crippen LogP contribution in [0.5, 0.6) is 0 Å². The first-order valence-electron chi connectivity index (χ1n) is 10.1. The van der Waals surface area contributed by atoms with Gasteiger partial charge >= 0.3 is 150 Å². The first-order valence-corrected chi connectivity index (χ1v) is 14.1. The Balaban J connectivity index is 1.38. The van der Waals surface area contributed by atoms with Gasteiger partial charge in [0.1, 0.15) is 0 Å². The summed E-state index contributed by atoms with van der Waals surface area (Å²) in [4.78, 5) is 0. The second-order valence-electron chi connectivity index (χ2n) is 9.09. The predicted octanol–water partition coefficient (Wildman–Crippen LogP) is 2.71. The van der Waals surface area contributed by atoms with E-state index in [2.05, 4.69) is 24.3 Å². The molecule has 4 bridgehead atoms. The minimum absolute atomic E-state index is 0.196. The molecule has 4 saturated carbocycles. The second kappa shape index (κ2) is 4.53. The number of hydrogen-bond donors (Lipinski definition) is 0. The van der Waals surface area contributed by atoms with Crippen molar-refractivity contribution < 1.29 is 14.9 Å². The molecule has 1 aromatic rings. The molecule has 25 heavy (non-hydrogen) atoms. The van der Waals surface area contributed by atoms with Crippen LogP contribution in [-0.2, 0) is 14.9 Å². The number of hydrogen-bond acceptors (Lipinski definition) is 4. The summed E-state index contributed by atoms with van der Waals surface area (Å²) in [5.74, 6) is 2.57. The maximum atomic E-state index is 6.91. The van der Waals surface area contributed by atoms with Crippen molar-refractivity contribution in [3.63, 3.8) is 0 Å². The summed E-state index contributed by atoms with van der Waals surface area (Å²) in [6.45, 7) is 0. The van der Waals surface area contributed by atoms with Gasteiger partial charge < -0.3 is 0 Å². The molecule has 1 aromatic carbocycles. The fourth-order valence-electron chi connectivity index (χ4n) is 6.86. The topological polar surface area (TPSA) is 36.9 Å². The molecule has 5 heteroatoms. The van der Waals surface area contributed by atoms with E-state index in [1.807, 2.05) is 6.07 Å². The van der Waals surface area contributed by atoms with Gasteiger partial charge in [-0.3, -0.25) is 0 Å². The Morgan fingerprint density at radius 3 is 1.40 bits per heavy atom. The molecular weight excluding hydrogens is 379 g/mol. The predicted molar refractivity (Wildman–Crippen MR) is 93.0 cm³/mol. The monoisotopic (exact) mass is 404 g/mol. The van der Waals surface area contributed by atoms with Crippen LogP contribution in [0.3, 0.4) is 0 Å². The van der Waals surface area contributed by atoms with Crippen molar-refractivity contribution in [1.29, 1.82) is 0 Å². The van der Waals surface area contributed by atoms with Gasteiger partial charge in [0.05, 0.1) is 0 Å². The maximum absolute atomic E-state index is 6.91. The summed E-state index contributed by atoms with van der Waals surface area (Å²) in [7, 11) is 0. The summed E-state index contributed by atoms with van der Waals surface area (Å²) >= 11 is -4.37. The van der Waals surface area contributed by atoms with Gasteiger partial charge in [-0.05, 0) is 0 Å². The third-order valence-corrected chi connectivity index (χ3v) is 15.4. The standard InChI is InChI=1S/C20H25AsO4/c1-2-4-16(5-3-1)21(22-17-12-6-7-13(10-12)18(17)23-21)24-19-14-8-9-15(11-14)20(19)25-21/h1-5,12-15,17-20H,6-11H2/t12?,13?,14?,15?,17-,18+,19-,20+. The molecule has 0 N–H and O–H groups in total. The van der Waals surface area contributed by atoms with Crippen LogP contribution >= 0.6 is 0 Å². The van der Waals surface area contributed by atoms with Gasteiger partial charge in [0.2, 0.25) is 0 Å². The molecule has 0 amide bonds. The Labute approximate surface area is 150 Å². The van der Waals surface area contributed by atoms with E-state index in [9.17, 15) is 0 Å². The van der Waals surface area contributed by atoms with E-state index < -0.39 is 13.8 Å². The molecule has 134 valence electrons. The molecule has 4 unspecified atom stereocenters. The van der Waals surface area contributed by atoms with Crippen LogP contribution in [0.4, 0.5) is 0 Å².